The third kappa shape index (κ3) is 4.15. The minimum Gasteiger partial charge on any atom is -0.312 e. The summed E-state index contributed by atoms with van der Waals surface area (Å²) in [6.07, 6.45) is 2.71. The molecule has 0 aliphatic heterocycles. The van der Waals surface area contributed by atoms with E-state index >= 15 is 0 Å². The van der Waals surface area contributed by atoms with Crippen LogP contribution in [0.5, 0.6) is 0 Å². The Balaban J connectivity index is 2.54. The topological polar surface area (TPSA) is 72.0 Å². The molecule has 16 heavy (non-hydrogen) atoms. The maximum Gasteiger partial charge on any atom is 0.147 e. The van der Waals surface area contributed by atoms with Gasteiger partial charge >= 0.3 is 0 Å². The van der Waals surface area contributed by atoms with Crippen molar-refractivity contribution in [1.29, 1.82) is 0 Å². The first-order valence-corrected chi connectivity index (χ1v) is 7.91. The van der Waals surface area contributed by atoms with Gasteiger partial charge in [-0.25, -0.2) is 8.42 Å². The molecule has 0 aromatic carbocycles. The normalized spacial score (nSPS) is 13.9. The third-order valence-corrected chi connectivity index (χ3v) is 4.33. The lowest BCUT2D eigenvalue weighted by molar-refractivity contribution is 0.540. The highest BCUT2D eigenvalue weighted by atomic mass is 32.2. The highest BCUT2D eigenvalue weighted by molar-refractivity contribution is 7.90. The number of sulfone groups is 1. The fourth-order valence-electron chi connectivity index (χ4n) is 1.51. The second kappa shape index (κ2) is 5.70. The van der Waals surface area contributed by atoms with Crippen molar-refractivity contribution in [3.05, 3.63) is 10.6 Å². The Bertz CT molecular complexity index is 428. The largest absolute Gasteiger partial charge is 0.312 e. The predicted octanol–water partition coefficient (Wildman–Crippen LogP) is 0.932. The van der Waals surface area contributed by atoms with Crippen LogP contribution < -0.4 is 5.32 Å². The van der Waals surface area contributed by atoms with E-state index in [2.05, 4.69) is 14.9 Å². The third-order valence-electron chi connectivity index (χ3n) is 2.36. The van der Waals surface area contributed by atoms with Crippen LogP contribution in [0.4, 0.5) is 0 Å². The van der Waals surface area contributed by atoms with Crippen LogP contribution in [0.2, 0.25) is 0 Å². The number of hydrogen-bond acceptors (Lipinski definition) is 6. The van der Waals surface area contributed by atoms with Gasteiger partial charge in [-0.2, -0.15) is 0 Å². The zero-order chi connectivity index (χ0) is 12.2. The molecule has 1 rings (SSSR count). The first-order chi connectivity index (χ1) is 7.44. The van der Waals surface area contributed by atoms with Crippen molar-refractivity contribution in [2.45, 2.75) is 25.8 Å². The van der Waals surface area contributed by atoms with E-state index in [0.717, 1.165) is 17.0 Å². The summed E-state index contributed by atoms with van der Waals surface area (Å²) in [5.41, 5.74) is 0.920. The SMILES string of the molecule is CNC(CCCS(C)(=O)=O)c1snnc1C. The van der Waals surface area contributed by atoms with Crippen LogP contribution in [0.15, 0.2) is 0 Å². The molecule has 7 heteroatoms. The Hall–Kier alpha value is -0.530. The van der Waals surface area contributed by atoms with Crippen molar-refractivity contribution in [3.63, 3.8) is 0 Å². The molecule has 0 aliphatic carbocycles. The molecule has 1 N–H and O–H groups in total. The van der Waals surface area contributed by atoms with Crippen molar-refractivity contribution < 1.29 is 8.42 Å². The molecule has 1 atom stereocenters. The van der Waals surface area contributed by atoms with Crippen molar-refractivity contribution in [1.82, 2.24) is 14.9 Å². The molecule has 0 saturated heterocycles. The van der Waals surface area contributed by atoms with Gasteiger partial charge in [-0.1, -0.05) is 4.49 Å². The van der Waals surface area contributed by atoms with Crippen LogP contribution >= 0.6 is 11.5 Å². The standard InChI is InChI=1S/C9H17N3O2S2/c1-7-9(15-12-11-7)8(10-2)5-4-6-16(3,13)14/h8,10H,4-6H2,1-3H3. The summed E-state index contributed by atoms with van der Waals surface area (Å²) in [6.45, 7) is 1.92. The Morgan fingerprint density at radius 2 is 2.19 bits per heavy atom. The summed E-state index contributed by atoms with van der Waals surface area (Å²) in [7, 11) is -0.997. The lowest BCUT2D eigenvalue weighted by Gasteiger charge is -2.13. The van der Waals surface area contributed by atoms with E-state index in [0.29, 0.717) is 6.42 Å². The van der Waals surface area contributed by atoms with E-state index in [-0.39, 0.29) is 11.8 Å². The molecule has 1 unspecified atom stereocenters. The molecule has 1 aromatic heterocycles. The Labute approximate surface area is 100 Å². The monoisotopic (exact) mass is 263 g/mol. The predicted molar refractivity (Wildman–Crippen MR) is 65.4 cm³/mol. The van der Waals surface area contributed by atoms with E-state index in [1.165, 1.54) is 17.8 Å². The summed E-state index contributed by atoms with van der Waals surface area (Å²) < 4.78 is 25.9. The Kier molecular flexibility index (Phi) is 4.82. The van der Waals surface area contributed by atoms with Crippen molar-refractivity contribution >= 4 is 21.4 Å². The highest BCUT2D eigenvalue weighted by Gasteiger charge is 2.15. The average molecular weight is 263 g/mol. The lowest BCUT2D eigenvalue weighted by atomic mass is 10.1. The smallest absolute Gasteiger partial charge is 0.147 e. The van der Waals surface area contributed by atoms with E-state index < -0.39 is 9.84 Å². The van der Waals surface area contributed by atoms with Crippen LogP contribution in [0, 0.1) is 6.92 Å². The summed E-state index contributed by atoms with van der Waals surface area (Å²) >= 11 is 1.37. The number of aryl methyl sites for hydroxylation is 1. The molecule has 92 valence electrons. The lowest BCUT2D eigenvalue weighted by Crippen LogP contribution is -2.17. The summed E-state index contributed by atoms with van der Waals surface area (Å²) in [6, 6.07) is 0.154. The second-order valence-corrected chi connectivity index (χ2v) is 6.88. The van der Waals surface area contributed by atoms with Gasteiger partial charge in [-0.05, 0) is 38.3 Å². The molecule has 0 aliphatic rings. The number of nitrogens with zero attached hydrogens (tertiary/aromatic N) is 2. The van der Waals surface area contributed by atoms with Crippen molar-refractivity contribution in [2.75, 3.05) is 19.1 Å². The van der Waals surface area contributed by atoms with E-state index in [4.69, 9.17) is 0 Å². The van der Waals surface area contributed by atoms with Gasteiger partial charge in [0.05, 0.1) is 10.6 Å². The molecule has 0 spiro atoms. The fraction of sp³-hybridized carbons (Fsp3) is 0.778. The van der Waals surface area contributed by atoms with Gasteiger partial charge in [0.2, 0.25) is 0 Å². The van der Waals surface area contributed by atoms with Gasteiger partial charge < -0.3 is 5.32 Å². The fourth-order valence-corrected chi connectivity index (χ4v) is 2.99. The molecule has 0 amide bonds. The van der Waals surface area contributed by atoms with Gasteiger partial charge in [0.25, 0.3) is 0 Å². The molecular formula is C9H17N3O2S2. The van der Waals surface area contributed by atoms with Gasteiger partial charge in [0.15, 0.2) is 0 Å². The maximum atomic E-state index is 11.0. The first-order valence-electron chi connectivity index (χ1n) is 5.08. The molecule has 0 saturated carbocycles. The molecule has 0 fully saturated rings. The second-order valence-electron chi connectivity index (χ2n) is 3.84. The number of nitrogens with one attached hydrogen (secondary N) is 1. The minimum absolute atomic E-state index is 0.154. The van der Waals surface area contributed by atoms with E-state index in [1.807, 2.05) is 14.0 Å². The summed E-state index contributed by atoms with van der Waals surface area (Å²) in [5, 5.41) is 7.12. The molecule has 5 nitrogen and oxygen atoms in total. The van der Waals surface area contributed by atoms with Crippen LogP contribution in [0.1, 0.15) is 29.5 Å². The molecular weight excluding hydrogens is 246 g/mol. The Morgan fingerprint density at radius 3 is 2.62 bits per heavy atom. The number of hydrogen-bond donors (Lipinski definition) is 1. The average Bonchev–Trinajstić information content (AvgIpc) is 2.58. The van der Waals surface area contributed by atoms with Crippen LogP contribution in [-0.2, 0) is 9.84 Å². The number of aromatic nitrogens is 2. The van der Waals surface area contributed by atoms with Crippen molar-refractivity contribution in [3.8, 4) is 0 Å². The van der Waals surface area contributed by atoms with Gasteiger partial charge in [0, 0.05) is 18.1 Å². The van der Waals surface area contributed by atoms with Crippen LogP contribution in [-0.4, -0.2) is 37.1 Å². The minimum atomic E-state index is -2.86. The Morgan fingerprint density at radius 1 is 1.50 bits per heavy atom. The quantitative estimate of drug-likeness (QED) is 0.826. The molecule has 1 aromatic rings. The summed E-state index contributed by atoms with van der Waals surface area (Å²) in [5.74, 6) is 0.233. The van der Waals surface area contributed by atoms with Crippen molar-refractivity contribution in [2.24, 2.45) is 0 Å². The maximum absolute atomic E-state index is 11.0. The van der Waals surface area contributed by atoms with Crippen LogP contribution in [0.3, 0.4) is 0 Å². The molecule has 1 heterocycles. The summed E-state index contributed by atoms with van der Waals surface area (Å²) in [4.78, 5) is 1.09. The van der Waals surface area contributed by atoms with Gasteiger partial charge in [-0.15, -0.1) is 5.10 Å². The van der Waals surface area contributed by atoms with E-state index in [1.54, 1.807) is 0 Å². The van der Waals surface area contributed by atoms with E-state index in [9.17, 15) is 8.42 Å². The van der Waals surface area contributed by atoms with Gasteiger partial charge in [-0.3, -0.25) is 0 Å². The van der Waals surface area contributed by atoms with Crippen LogP contribution in [0.25, 0.3) is 0 Å². The highest BCUT2D eigenvalue weighted by Crippen LogP contribution is 2.23. The molecule has 0 radical (unpaired) electrons. The molecule has 0 bridgehead atoms. The zero-order valence-corrected chi connectivity index (χ0v) is 11.4. The first kappa shape index (κ1) is 13.5. The zero-order valence-electron chi connectivity index (χ0n) is 9.73. The van der Waals surface area contributed by atoms with Gasteiger partial charge in [0.1, 0.15) is 9.84 Å². The number of rotatable bonds is 6.